The van der Waals surface area contributed by atoms with Crippen LogP contribution in [0, 0.1) is 0 Å². The summed E-state index contributed by atoms with van der Waals surface area (Å²) in [4.78, 5) is 25.9. The van der Waals surface area contributed by atoms with Gasteiger partial charge in [0.1, 0.15) is 11.5 Å². The van der Waals surface area contributed by atoms with E-state index in [1.807, 2.05) is 19.9 Å². The maximum atomic E-state index is 13.2. The summed E-state index contributed by atoms with van der Waals surface area (Å²) in [6, 6.07) is 2.47. The van der Waals surface area contributed by atoms with Gasteiger partial charge in [-0.3, -0.25) is 9.59 Å². The van der Waals surface area contributed by atoms with Gasteiger partial charge in [-0.25, -0.2) is 0 Å². The average Bonchev–Trinajstić information content (AvgIpc) is 2.91. The van der Waals surface area contributed by atoms with Crippen molar-refractivity contribution in [3.05, 3.63) is 46.6 Å². The first-order chi connectivity index (χ1) is 18.9. The molecular weight excluding hydrogens is 488 g/mol. The van der Waals surface area contributed by atoms with Gasteiger partial charge in [-0.2, -0.15) is 0 Å². The van der Waals surface area contributed by atoms with Gasteiger partial charge in [0.25, 0.3) is 0 Å². The topological polar surface area (TPSA) is 83.8 Å². The van der Waals surface area contributed by atoms with E-state index < -0.39 is 17.7 Å². The van der Waals surface area contributed by atoms with Gasteiger partial charge in [-0.1, -0.05) is 115 Å². The largest absolute Gasteiger partial charge is 0.507 e. The van der Waals surface area contributed by atoms with Crippen LogP contribution >= 0.6 is 0 Å². The molecule has 2 rings (SSSR count). The fraction of sp³-hybridized carbons (Fsp3) is 0.647. The van der Waals surface area contributed by atoms with E-state index in [4.69, 9.17) is 4.74 Å². The minimum atomic E-state index is -0.567. The number of phenols is 2. The molecule has 1 aliphatic rings. The smallest absolute Gasteiger partial charge is 0.196 e. The Morgan fingerprint density at radius 3 is 1.69 bits per heavy atom. The van der Waals surface area contributed by atoms with Crippen LogP contribution in [0.5, 0.6) is 11.5 Å². The Bertz CT molecular complexity index is 955. The molecule has 0 radical (unpaired) electrons. The average molecular weight is 541 g/mol. The van der Waals surface area contributed by atoms with E-state index in [1.54, 1.807) is 0 Å². The van der Waals surface area contributed by atoms with Gasteiger partial charge in [0, 0.05) is 12.2 Å². The van der Waals surface area contributed by atoms with Crippen molar-refractivity contribution in [2.45, 2.75) is 136 Å². The summed E-state index contributed by atoms with van der Waals surface area (Å²) in [5.74, 6) is -1.55. The number of ether oxygens (including phenoxy) is 1. The molecule has 1 unspecified atom stereocenters. The minimum Gasteiger partial charge on any atom is -0.507 e. The Morgan fingerprint density at radius 2 is 1.21 bits per heavy atom. The highest BCUT2D eigenvalue weighted by molar-refractivity contribution is 6.27. The first-order valence-electron chi connectivity index (χ1n) is 15.5. The normalized spacial score (nSPS) is 13.8. The van der Waals surface area contributed by atoms with Crippen molar-refractivity contribution in [2.75, 3.05) is 6.61 Å². The van der Waals surface area contributed by atoms with Crippen molar-refractivity contribution in [3.63, 3.8) is 0 Å². The maximum Gasteiger partial charge on any atom is 0.196 e. The minimum absolute atomic E-state index is 0.134. The van der Waals surface area contributed by atoms with Gasteiger partial charge < -0.3 is 14.9 Å². The lowest BCUT2D eigenvalue weighted by Gasteiger charge is -2.24. The molecule has 2 N–H and O–H groups in total. The van der Waals surface area contributed by atoms with Gasteiger partial charge >= 0.3 is 0 Å². The molecule has 1 aliphatic carbocycles. The number of hydrogen-bond acceptors (Lipinski definition) is 5. The van der Waals surface area contributed by atoms with E-state index in [1.165, 1.54) is 108 Å². The Morgan fingerprint density at radius 1 is 0.744 bits per heavy atom. The predicted octanol–water partition coefficient (Wildman–Crippen LogP) is 9.41. The molecule has 0 heterocycles. The summed E-state index contributed by atoms with van der Waals surface area (Å²) in [6.07, 6.45) is 24.0. The van der Waals surface area contributed by atoms with Crippen molar-refractivity contribution in [1.82, 2.24) is 0 Å². The molecule has 0 amide bonds. The zero-order valence-electron chi connectivity index (χ0n) is 24.7. The summed E-state index contributed by atoms with van der Waals surface area (Å²) in [6.45, 7) is 6.74. The second kappa shape index (κ2) is 18.8. The lowest BCUT2D eigenvalue weighted by atomic mass is 9.85. The van der Waals surface area contributed by atoms with Crippen molar-refractivity contribution in [3.8, 4) is 11.5 Å². The fourth-order valence-corrected chi connectivity index (χ4v) is 5.23. The predicted molar refractivity (Wildman–Crippen MR) is 160 cm³/mol. The molecule has 5 nitrogen and oxygen atoms in total. The highest BCUT2D eigenvalue weighted by Gasteiger charge is 2.34. The quantitative estimate of drug-likeness (QED) is 0.0921. The Kier molecular flexibility index (Phi) is 15.8. The SMILES string of the molecule is CCCCCCCCCCCCCCCCCCOC(CC=C(C)C)C1=CC(=O)c2c(O)ccc(O)c2C1=O. The summed E-state index contributed by atoms with van der Waals surface area (Å²) >= 11 is 0. The molecule has 1 aromatic carbocycles. The highest BCUT2D eigenvalue weighted by atomic mass is 16.5. The Labute approximate surface area is 236 Å². The molecule has 0 spiro atoms. The number of unbranched alkanes of at least 4 members (excludes halogenated alkanes) is 15. The number of carbonyl (C=O) groups is 2. The molecule has 218 valence electrons. The molecular formula is C34H52O5. The molecule has 5 heteroatoms. The van der Waals surface area contributed by atoms with Gasteiger partial charge in [0.2, 0.25) is 0 Å². The number of Topliss-reactive ketones (excluding diaryl/α,β-unsaturated/α-hetero) is 1. The number of ketones is 2. The van der Waals surface area contributed by atoms with Crippen LogP contribution in [0.3, 0.4) is 0 Å². The number of allylic oxidation sites excluding steroid dienone is 2. The molecule has 1 aromatic rings. The van der Waals surface area contributed by atoms with E-state index >= 15 is 0 Å². The second-order valence-electron chi connectivity index (χ2n) is 11.3. The van der Waals surface area contributed by atoms with Gasteiger partial charge in [-0.05, 0) is 44.9 Å². The molecule has 0 bridgehead atoms. The maximum absolute atomic E-state index is 13.2. The number of hydrogen-bond donors (Lipinski definition) is 2. The lowest BCUT2D eigenvalue weighted by molar-refractivity contribution is 0.0670. The third-order valence-corrected chi connectivity index (χ3v) is 7.59. The molecule has 0 saturated carbocycles. The first-order valence-corrected chi connectivity index (χ1v) is 15.5. The molecule has 0 fully saturated rings. The molecule has 39 heavy (non-hydrogen) atoms. The van der Waals surface area contributed by atoms with Gasteiger partial charge in [-0.15, -0.1) is 0 Å². The summed E-state index contributed by atoms with van der Waals surface area (Å²) in [5, 5.41) is 20.3. The van der Waals surface area contributed by atoms with Crippen LogP contribution in [-0.4, -0.2) is 34.5 Å². The van der Waals surface area contributed by atoms with E-state index in [2.05, 4.69) is 6.92 Å². The zero-order valence-corrected chi connectivity index (χ0v) is 24.7. The molecule has 0 aromatic heterocycles. The van der Waals surface area contributed by atoms with Gasteiger partial charge in [0.15, 0.2) is 11.6 Å². The molecule has 1 atom stereocenters. The van der Waals surface area contributed by atoms with E-state index in [9.17, 15) is 19.8 Å². The van der Waals surface area contributed by atoms with E-state index in [-0.39, 0.29) is 28.2 Å². The van der Waals surface area contributed by atoms with Crippen LogP contribution in [0.2, 0.25) is 0 Å². The van der Waals surface area contributed by atoms with Crippen molar-refractivity contribution < 1.29 is 24.5 Å². The third kappa shape index (κ3) is 11.7. The van der Waals surface area contributed by atoms with Crippen LogP contribution in [-0.2, 0) is 4.74 Å². The number of carbonyl (C=O) groups excluding carboxylic acids is 2. The summed E-state index contributed by atoms with van der Waals surface area (Å²) < 4.78 is 6.12. The third-order valence-electron chi connectivity index (χ3n) is 7.59. The van der Waals surface area contributed by atoms with E-state index in [0.29, 0.717) is 13.0 Å². The van der Waals surface area contributed by atoms with Crippen molar-refractivity contribution in [2.24, 2.45) is 0 Å². The number of fused-ring (bicyclic) bond motifs is 1. The van der Waals surface area contributed by atoms with Crippen LogP contribution in [0.4, 0.5) is 0 Å². The highest BCUT2D eigenvalue weighted by Crippen LogP contribution is 2.36. The zero-order chi connectivity index (χ0) is 28.5. The van der Waals surface area contributed by atoms with Crippen LogP contribution in [0.25, 0.3) is 0 Å². The number of benzene rings is 1. The number of rotatable bonds is 21. The lowest BCUT2D eigenvalue weighted by Crippen LogP contribution is -2.27. The number of phenolic OH excluding ortho intramolecular Hbond substituents is 2. The second-order valence-corrected chi connectivity index (χ2v) is 11.3. The summed E-state index contributed by atoms with van der Waals surface area (Å²) in [7, 11) is 0. The molecule has 0 saturated heterocycles. The Hall–Kier alpha value is -2.40. The van der Waals surface area contributed by atoms with Crippen LogP contribution in [0.15, 0.2) is 35.4 Å². The number of aromatic hydroxyl groups is 2. The fourth-order valence-electron chi connectivity index (χ4n) is 5.23. The first kappa shape index (κ1) is 32.8. The van der Waals surface area contributed by atoms with Crippen molar-refractivity contribution >= 4 is 11.6 Å². The van der Waals surface area contributed by atoms with E-state index in [0.717, 1.165) is 18.4 Å². The standard InChI is InChI=1S/C34H52O5/c1-4-5-6-7-8-9-10-11-12-13-14-15-16-17-18-19-24-39-31(23-20-26(2)3)27-25-30(37)32-28(35)21-22-29(36)33(32)34(27)38/h20-22,25,31,35-36H,4-19,23-24H2,1-3H3. The Balaban J connectivity index is 1.66. The summed E-state index contributed by atoms with van der Waals surface area (Å²) in [5.41, 5.74) is 1.07. The monoisotopic (exact) mass is 540 g/mol. The van der Waals surface area contributed by atoms with Crippen LogP contribution in [0.1, 0.15) is 151 Å². The molecule has 0 aliphatic heterocycles. The van der Waals surface area contributed by atoms with Gasteiger partial charge in [0.05, 0.1) is 17.2 Å². The van der Waals surface area contributed by atoms with Crippen molar-refractivity contribution in [1.29, 1.82) is 0 Å². The van der Waals surface area contributed by atoms with Crippen LogP contribution < -0.4 is 0 Å².